The van der Waals surface area contributed by atoms with E-state index in [-0.39, 0.29) is 25.7 Å². The van der Waals surface area contributed by atoms with E-state index in [1.807, 2.05) is 0 Å². The number of nitrogens with zero attached hydrogens (tertiary/aromatic N) is 1. The maximum absolute atomic E-state index is 13.0. The van der Waals surface area contributed by atoms with E-state index in [0.717, 1.165) is 0 Å². The zero-order valence-electron chi connectivity index (χ0n) is 20.1. The summed E-state index contributed by atoms with van der Waals surface area (Å²) in [5.74, 6) is -5.95. The van der Waals surface area contributed by atoms with Gasteiger partial charge in [0, 0.05) is 31.2 Å². The number of aromatic nitrogens is 2. The Hall–Kier alpha value is -3.66. The number of carbonyl (C=O) groups is 6. The lowest BCUT2D eigenvalue weighted by atomic mass is 10.1. The summed E-state index contributed by atoms with van der Waals surface area (Å²) in [6.07, 6.45) is 3.15. The highest BCUT2D eigenvalue weighted by Gasteiger charge is 2.30. The van der Waals surface area contributed by atoms with Crippen molar-refractivity contribution in [2.45, 2.75) is 62.7 Å². The van der Waals surface area contributed by atoms with Crippen molar-refractivity contribution < 1.29 is 44.1 Å². The van der Waals surface area contributed by atoms with E-state index in [1.165, 1.54) is 24.3 Å². The van der Waals surface area contributed by atoms with Gasteiger partial charge in [0.15, 0.2) is 0 Å². The van der Waals surface area contributed by atoms with Crippen LogP contribution in [-0.2, 0) is 35.2 Å². The summed E-state index contributed by atoms with van der Waals surface area (Å²) in [4.78, 5) is 78.3. The first-order valence-corrected chi connectivity index (χ1v) is 12.6. The number of aromatic amines is 1. The second-order valence-corrected chi connectivity index (χ2v) is 9.04. The van der Waals surface area contributed by atoms with Gasteiger partial charge in [-0.3, -0.25) is 24.0 Å². The number of imidazole rings is 1. The van der Waals surface area contributed by atoms with Crippen LogP contribution in [0.1, 0.15) is 37.8 Å². The lowest BCUT2D eigenvalue weighted by Gasteiger charge is -2.25. The number of carboxylic acids is 3. The van der Waals surface area contributed by atoms with Gasteiger partial charge in [0.05, 0.1) is 12.4 Å². The fourth-order valence-corrected chi connectivity index (χ4v) is 3.59. The number of hydrogen-bond acceptors (Lipinski definition) is 9. The van der Waals surface area contributed by atoms with Gasteiger partial charge in [-0.2, -0.15) is 11.8 Å². The SMILES string of the molecule is CSCC[C@H](NC(=O)[C@H](CCC(=O)O)NC(=O)[C@@H](N)Cc1cnc[nH]1)C(=O)N[C@@H](CCC(=O)O)C(=O)O. The van der Waals surface area contributed by atoms with Crippen LogP contribution in [0.3, 0.4) is 0 Å². The highest BCUT2D eigenvalue weighted by molar-refractivity contribution is 7.98. The highest BCUT2D eigenvalue weighted by Crippen LogP contribution is 2.07. The van der Waals surface area contributed by atoms with Gasteiger partial charge in [-0.15, -0.1) is 0 Å². The number of nitrogens with one attached hydrogen (secondary N) is 4. The van der Waals surface area contributed by atoms with Gasteiger partial charge < -0.3 is 42.0 Å². The van der Waals surface area contributed by atoms with Crippen LogP contribution in [0.2, 0.25) is 0 Å². The molecular formula is C21H32N6O9S. The van der Waals surface area contributed by atoms with Gasteiger partial charge in [0.25, 0.3) is 0 Å². The number of H-pyrrole nitrogens is 1. The monoisotopic (exact) mass is 544 g/mol. The Bertz CT molecular complexity index is 943. The van der Waals surface area contributed by atoms with Crippen molar-refractivity contribution in [1.29, 1.82) is 0 Å². The van der Waals surface area contributed by atoms with Crippen LogP contribution >= 0.6 is 11.8 Å². The van der Waals surface area contributed by atoms with Crippen LogP contribution in [0.25, 0.3) is 0 Å². The number of carboxylic acid groups (broad SMARTS) is 3. The van der Waals surface area contributed by atoms with Crippen molar-refractivity contribution >= 4 is 47.4 Å². The number of hydrogen-bond donors (Lipinski definition) is 8. The number of aliphatic carboxylic acids is 3. The normalized spacial score (nSPS) is 14.0. The summed E-state index contributed by atoms with van der Waals surface area (Å²) in [5.41, 5.74) is 6.46. The van der Waals surface area contributed by atoms with Crippen molar-refractivity contribution in [2.75, 3.05) is 12.0 Å². The zero-order chi connectivity index (χ0) is 28.0. The Balaban J connectivity index is 2.95. The molecule has 1 aromatic heterocycles. The van der Waals surface area contributed by atoms with E-state index in [4.69, 9.17) is 15.9 Å². The Morgan fingerprint density at radius 1 is 0.892 bits per heavy atom. The second-order valence-electron chi connectivity index (χ2n) is 8.06. The van der Waals surface area contributed by atoms with Crippen LogP contribution < -0.4 is 21.7 Å². The first kappa shape index (κ1) is 31.4. The summed E-state index contributed by atoms with van der Waals surface area (Å²) >= 11 is 1.36. The van der Waals surface area contributed by atoms with E-state index in [2.05, 4.69) is 25.9 Å². The zero-order valence-corrected chi connectivity index (χ0v) is 21.0. The van der Waals surface area contributed by atoms with Gasteiger partial charge in [-0.1, -0.05) is 0 Å². The smallest absolute Gasteiger partial charge is 0.326 e. The van der Waals surface area contributed by atoms with Gasteiger partial charge >= 0.3 is 17.9 Å². The van der Waals surface area contributed by atoms with E-state index in [9.17, 15) is 33.9 Å². The summed E-state index contributed by atoms with van der Waals surface area (Å²) < 4.78 is 0. The summed E-state index contributed by atoms with van der Waals surface area (Å²) in [6.45, 7) is 0. The number of carbonyl (C=O) groups excluding carboxylic acids is 3. The van der Waals surface area contributed by atoms with Crippen molar-refractivity contribution in [3.8, 4) is 0 Å². The summed E-state index contributed by atoms with van der Waals surface area (Å²) in [6, 6.07) is -5.15. The molecule has 1 rings (SSSR count). The molecule has 4 atom stereocenters. The van der Waals surface area contributed by atoms with Crippen molar-refractivity contribution in [3.63, 3.8) is 0 Å². The molecule has 16 heteroatoms. The van der Waals surface area contributed by atoms with E-state index in [1.54, 1.807) is 6.26 Å². The summed E-state index contributed by atoms with van der Waals surface area (Å²) in [5, 5.41) is 34.2. The van der Waals surface area contributed by atoms with Crippen LogP contribution in [0.4, 0.5) is 0 Å². The number of thioether (sulfide) groups is 1. The van der Waals surface area contributed by atoms with Crippen molar-refractivity contribution in [2.24, 2.45) is 5.73 Å². The third-order valence-electron chi connectivity index (χ3n) is 5.12. The molecule has 0 bridgehead atoms. The molecule has 0 unspecified atom stereocenters. The predicted molar refractivity (Wildman–Crippen MR) is 130 cm³/mol. The molecule has 0 aliphatic carbocycles. The van der Waals surface area contributed by atoms with Crippen molar-refractivity contribution in [3.05, 3.63) is 18.2 Å². The van der Waals surface area contributed by atoms with Gasteiger partial charge in [0.1, 0.15) is 18.1 Å². The highest BCUT2D eigenvalue weighted by atomic mass is 32.2. The predicted octanol–water partition coefficient (Wildman–Crippen LogP) is -1.70. The topological polar surface area (TPSA) is 254 Å². The average Bonchev–Trinajstić information content (AvgIpc) is 3.33. The average molecular weight is 545 g/mol. The molecule has 9 N–H and O–H groups in total. The minimum absolute atomic E-state index is 0.0742. The van der Waals surface area contributed by atoms with Gasteiger partial charge in [0.2, 0.25) is 17.7 Å². The number of amides is 3. The minimum Gasteiger partial charge on any atom is -0.481 e. The standard InChI is InChI=1S/C21H32N6O9S/c1-37-7-6-14(20(34)27-15(21(35)36)3-5-17(30)31)26-19(33)13(2-4-16(28)29)25-18(32)12(22)8-11-9-23-10-24-11/h9-10,12-15H,2-8,22H2,1H3,(H,23,24)(H,25,32)(H,26,33)(H,27,34)(H,28,29)(H,30,31)(H,35,36)/t12-,13-,14-,15-/m0/s1. The van der Waals surface area contributed by atoms with Gasteiger partial charge in [-0.25, -0.2) is 9.78 Å². The Labute approximate surface area is 216 Å². The fourth-order valence-electron chi connectivity index (χ4n) is 3.12. The molecule has 15 nitrogen and oxygen atoms in total. The minimum atomic E-state index is -1.50. The molecule has 0 aliphatic rings. The van der Waals surface area contributed by atoms with Crippen LogP contribution in [0.5, 0.6) is 0 Å². The second kappa shape index (κ2) is 16.2. The molecule has 1 heterocycles. The number of nitrogens with two attached hydrogens (primary N) is 1. The van der Waals surface area contributed by atoms with E-state index < -0.39 is 72.6 Å². The largest absolute Gasteiger partial charge is 0.481 e. The first-order valence-electron chi connectivity index (χ1n) is 11.2. The van der Waals surface area contributed by atoms with Gasteiger partial charge in [-0.05, 0) is 31.3 Å². The third kappa shape index (κ3) is 12.2. The molecule has 0 spiro atoms. The molecule has 3 amide bonds. The molecule has 1 aromatic rings. The Morgan fingerprint density at radius 2 is 1.41 bits per heavy atom. The van der Waals surface area contributed by atoms with Crippen LogP contribution in [0.15, 0.2) is 12.5 Å². The quantitative estimate of drug-likeness (QED) is 0.103. The molecule has 0 radical (unpaired) electrons. The first-order chi connectivity index (χ1) is 17.4. The molecule has 0 aliphatic heterocycles. The Morgan fingerprint density at radius 3 is 1.89 bits per heavy atom. The summed E-state index contributed by atoms with van der Waals surface area (Å²) in [7, 11) is 0. The molecule has 206 valence electrons. The molecule has 37 heavy (non-hydrogen) atoms. The Kier molecular flexibility index (Phi) is 13.7. The molecule has 0 saturated carbocycles. The maximum Gasteiger partial charge on any atom is 0.326 e. The van der Waals surface area contributed by atoms with Crippen LogP contribution in [0, 0.1) is 0 Å². The molecule has 0 aromatic carbocycles. The lowest BCUT2D eigenvalue weighted by Crippen LogP contribution is -2.57. The maximum atomic E-state index is 13.0. The molecular weight excluding hydrogens is 512 g/mol. The lowest BCUT2D eigenvalue weighted by molar-refractivity contribution is -0.143. The molecule has 0 fully saturated rings. The van der Waals surface area contributed by atoms with Crippen LogP contribution in [-0.4, -0.2) is 97.1 Å². The number of rotatable bonds is 18. The van der Waals surface area contributed by atoms with Crippen molar-refractivity contribution in [1.82, 2.24) is 25.9 Å². The third-order valence-corrected chi connectivity index (χ3v) is 5.76. The van der Waals surface area contributed by atoms with E-state index >= 15 is 0 Å². The fraction of sp³-hybridized carbons (Fsp3) is 0.571. The molecule has 0 saturated heterocycles. The van der Waals surface area contributed by atoms with E-state index in [0.29, 0.717) is 11.4 Å².